The molecule has 1 rings (SSSR count). The quantitative estimate of drug-likeness (QED) is 0.678. The Morgan fingerprint density at radius 1 is 1.24 bits per heavy atom. The van der Waals surface area contributed by atoms with E-state index in [1.165, 1.54) is 24.0 Å². The summed E-state index contributed by atoms with van der Waals surface area (Å²) in [5, 5.41) is 0. The molecule has 1 nitrogen and oxygen atoms in total. The van der Waals surface area contributed by atoms with E-state index in [0.717, 1.165) is 12.2 Å². The summed E-state index contributed by atoms with van der Waals surface area (Å²) in [7, 11) is 1.76. The first-order valence-corrected chi connectivity index (χ1v) is 6.45. The zero-order valence-electron chi connectivity index (χ0n) is 11.8. The van der Waals surface area contributed by atoms with Gasteiger partial charge in [0, 0.05) is 0 Å². The molecule has 1 heteroatoms. The minimum atomic E-state index is 0.180. The van der Waals surface area contributed by atoms with Crippen LogP contribution in [0.5, 0.6) is 5.75 Å². The van der Waals surface area contributed by atoms with Crippen molar-refractivity contribution in [2.24, 2.45) is 0 Å². The zero-order valence-corrected chi connectivity index (χ0v) is 11.8. The highest BCUT2D eigenvalue weighted by atomic mass is 16.5. The lowest BCUT2D eigenvalue weighted by Gasteiger charge is -2.24. The number of benzene rings is 1. The van der Waals surface area contributed by atoms with Gasteiger partial charge in [0.2, 0.25) is 0 Å². The van der Waals surface area contributed by atoms with Gasteiger partial charge in [-0.25, -0.2) is 0 Å². The molecule has 0 aliphatic heterocycles. The Balaban J connectivity index is 3.03. The second kappa shape index (κ2) is 6.09. The molecule has 0 N–H and O–H groups in total. The Kier molecular flexibility index (Phi) is 5.04. The van der Waals surface area contributed by atoms with E-state index in [9.17, 15) is 0 Å². The smallest absolute Gasteiger partial charge is 0.122 e. The molecule has 1 aromatic rings. The van der Waals surface area contributed by atoms with Gasteiger partial charge in [-0.05, 0) is 41.9 Å². The van der Waals surface area contributed by atoms with Crippen molar-refractivity contribution in [2.75, 3.05) is 7.11 Å². The highest BCUT2D eigenvalue weighted by molar-refractivity contribution is 5.43. The monoisotopic (exact) mass is 233 g/mol. The summed E-state index contributed by atoms with van der Waals surface area (Å²) in [6, 6.07) is 6.39. The molecule has 0 saturated carbocycles. The average molecular weight is 233 g/mol. The zero-order chi connectivity index (χ0) is 12.9. The summed E-state index contributed by atoms with van der Waals surface area (Å²) >= 11 is 0. The number of hydrogen-bond acceptors (Lipinski definition) is 1. The molecule has 0 atom stereocenters. The minimum absolute atomic E-state index is 0.180. The summed E-state index contributed by atoms with van der Waals surface area (Å²) in [6.07, 6.45) is 5.69. The lowest BCUT2D eigenvalue weighted by molar-refractivity contribution is 0.406. The lowest BCUT2D eigenvalue weighted by atomic mass is 9.82. The summed E-state index contributed by atoms with van der Waals surface area (Å²) < 4.78 is 5.50. The van der Waals surface area contributed by atoms with Crippen LogP contribution in [-0.2, 0) is 11.8 Å². The Bertz CT molecular complexity index is 347. The molecule has 1 radical (unpaired) electrons. The Hall–Kier alpha value is -0.980. The molecule has 0 aliphatic carbocycles. The third-order valence-corrected chi connectivity index (χ3v) is 3.08. The molecule has 0 aromatic heterocycles. The molecular weight excluding hydrogens is 208 g/mol. The van der Waals surface area contributed by atoms with E-state index in [1.54, 1.807) is 7.11 Å². The van der Waals surface area contributed by atoms with E-state index < -0.39 is 0 Å². The summed E-state index contributed by atoms with van der Waals surface area (Å²) in [4.78, 5) is 0. The summed E-state index contributed by atoms with van der Waals surface area (Å²) in [5.74, 6) is 1.04. The van der Waals surface area contributed by atoms with Crippen molar-refractivity contribution in [3.63, 3.8) is 0 Å². The van der Waals surface area contributed by atoms with Crippen molar-refractivity contribution in [3.05, 3.63) is 35.7 Å². The van der Waals surface area contributed by atoms with Crippen LogP contribution in [0.4, 0.5) is 0 Å². The highest BCUT2D eigenvalue weighted by Crippen LogP contribution is 2.32. The van der Waals surface area contributed by atoms with E-state index in [4.69, 9.17) is 4.74 Å². The molecule has 17 heavy (non-hydrogen) atoms. The summed E-state index contributed by atoms with van der Waals surface area (Å²) in [6.45, 7) is 8.90. The van der Waals surface area contributed by atoms with E-state index in [1.807, 2.05) is 0 Å². The molecule has 0 spiro atoms. The molecule has 1 aromatic carbocycles. The van der Waals surface area contributed by atoms with Gasteiger partial charge in [-0.3, -0.25) is 0 Å². The Labute approximate surface area is 106 Å². The fraction of sp³-hybridized carbons (Fsp3) is 0.562. The van der Waals surface area contributed by atoms with Crippen LogP contribution >= 0.6 is 0 Å². The van der Waals surface area contributed by atoms with E-state index >= 15 is 0 Å². The summed E-state index contributed by atoms with van der Waals surface area (Å²) in [5.41, 5.74) is 2.97. The van der Waals surface area contributed by atoms with Gasteiger partial charge in [0.1, 0.15) is 5.75 Å². The van der Waals surface area contributed by atoms with Crippen LogP contribution in [0.25, 0.3) is 0 Å². The molecule has 0 saturated heterocycles. The molecule has 0 bridgehead atoms. The van der Waals surface area contributed by atoms with Crippen LogP contribution in [-0.4, -0.2) is 7.11 Å². The van der Waals surface area contributed by atoms with Crippen molar-refractivity contribution >= 4 is 0 Å². The van der Waals surface area contributed by atoms with Crippen molar-refractivity contribution < 1.29 is 4.74 Å². The van der Waals surface area contributed by atoms with E-state index in [-0.39, 0.29) is 5.41 Å². The third-order valence-electron chi connectivity index (χ3n) is 3.08. The fourth-order valence-electron chi connectivity index (χ4n) is 2.20. The van der Waals surface area contributed by atoms with Gasteiger partial charge in [0.05, 0.1) is 7.11 Å². The maximum Gasteiger partial charge on any atom is 0.122 e. The van der Waals surface area contributed by atoms with Crippen molar-refractivity contribution in [3.8, 4) is 5.75 Å². The maximum atomic E-state index is 5.50. The first-order chi connectivity index (χ1) is 8.00. The van der Waals surface area contributed by atoms with Gasteiger partial charge in [-0.15, -0.1) is 0 Å². The average Bonchev–Trinajstić information content (AvgIpc) is 2.28. The molecular formula is C16H25O. The number of ether oxygens (including phenoxy) is 1. The van der Waals surface area contributed by atoms with Crippen LogP contribution in [0.15, 0.2) is 18.2 Å². The van der Waals surface area contributed by atoms with Gasteiger partial charge in [0.15, 0.2) is 0 Å². The molecule has 0 heterocycles. The van der Waals surface area contributed by atoms with E-state index in [2.05, 4.69) is 52.3 Å². The normalized spacial score (nSPS) is 11.6. The fourth-order valence-corrected chi connectivity index (χ4v) is 2.20. The standard InChI is InChI=1S/C16H25O/c1-6-7-8-10-13-14(16(2,3)4)11-9-12-15(13)17-5/h6,9,11-12H,7-8,10H2,1-5H3. The SMILES string of the molecule is C[CH]CCCc1c(OC)cccc1C(C)(C)C. The molecule has 0 fully saturated rings. The van der Waals surface area contributed by atoms with Gasteiger partial charge in [0.25, 0.3) is 0 Å². The number of rotatable bonds is 5. The molecule has 0 amide bonds. The van der Waals surface area contributed by atoms with Gasteiger partial charge in [-0.1, -0.05) is 46.2 Å². The Morgan fingerprint density at radius 3 is 2.47 bits per heavy atom. The van der Waals surface area contributed by atoms with Crippen LogP contribution in [0.2, 0.25) is 0 Å². The molecule has 95 valence electrons. The number of hydrogen-bond donors (Lipinski definition) is 0. The highest BCUT2D eigenvalue weighted by Gasteiger charge is 2.19. The number of methoxy groups -OCH3 is 1. The second-order valence-electron chi connectivity index (χ2n) is 5.54. The molecule has 0 aliphatic rings. The van der Waals surface area contributed by atoms with E-state index in [0.29, 0.717) is 0 Å². The predicted octanol–water partition coefficient (Wildman–Crippen LogP) is 4.54. The van der Waals surface area contributed by atoms with Gasteiger partial charge >= 0.3 is 0 Å². The van der Waals surface area contributed by atoms with Crippen molar-refractivity contribution in [1.82, 2.24) is 0 Å². The molecule has 0 unspecified atom stereocenters. The third kappa shape index (κ3) is 3.76. The van der Waals surface area contributed by atoms with Crippen molar-refractivity contribution in [1.29, 1.82) is 0 Å². The van der Waals surface area contributed by atoms with Crippen molar-refractivity contribution in [2.45, 2.75) is 52.4 Å². The van der Waals surface area contributed by atoms with Crippen LogP contribution in [0.3, 0.4) is 0 Å². The van der Waals surface area contributed by atoms with Crippen LogP contribution < -0.4 is 4.74 Å². The first kappa shape index (κ1) is 14.1. The lowest BCUT2D eigenvalue weighted by Crippen LogP contribution is -2.15. The predicted molar refractivity (Wildman–Crippen MR) is 74.6 cm³/mol. The van der Waals surface area contributed by atoms with Crippen LogP contribution in [0, 0.1) is 6.42 Å². The second-order valence-corrected chi connectivity index (χ2v) is 5.54. The Morgan fingerprint density at radius 2 is 1.94 bits per heavy atom. The first-order valence-electron chi connectivity index (χ1n) is 6.45. The van der Waals surface area contributed by atoms with Crippen LogP contribution in [0.1, 0.15) is 51.7 Å². The minimum Gasteiger partial charge on any atom is -0.496 e. The van der Waals surface area contributed by atoms with Gasteiger partial charge < -0.3 is 4.74 Å². The van der Waals surface area contributed by atoms with Gasteiger partial charge in [-0.2, -0.15) is 0 Å². The number of unbranched alkanes of at least 4 members (excludes halogenated alkanes) is 2. The maximum absolute atomic E-state index is 5.50. The largest absolute Gasteiger partial charge is 0.496 e. The topological polar surface area (TPSA) is 9.23 Å².